The van der Waals surface area contributed by atoms with E-state index in [4.69, 9.17) is 4.74 Å². The number of carbonyl (C=O) groups is 1. The molecule has 1 saturated carbocycles. The Morgan fingerprint density at radius 1 is 1.28 bits per heavy atom. The first-order valence-electron chi connectivity index (χ1n) is 7.43. The highest BCUT2D eigenvalue weighted by molar-refractivity contribution is 5.78. The van der Waals surface area contributed by atoms with Gasteiger partial charge in [0.2, 0.25) is 5.91 Å². The molecular formula is C14H24N2O2. The van der Waals surface area contributed by atoms with E-state index in [0.717, 1.165) is 32.5 Å². The molecular weight excluding hydrogens is 228 g/mol. The van der Waals surface area contributed by atoms with Gasteiger partial charge in [0.25, 0.3) is 0 Å². The van der Waals surface area contributed by atoms with Crippen molar-refractivity contribution in [3.63, 3.8) is 0 Å². The zero-order chi connectivity index (χ0) is 12.4. The summed E-state index contributed by atoms with van der Waals surface area (Å²) in [4.78, 5) is 14.0. The molecule has 3 rings (SSSR count). The fourth-order valence-corrected chi connectivity index (χ4v) is 3.43. The maximum atomic E-state index is 12.0. The number of likely N-dealkylation sites (tertiary alicyclic amines) is 1. The monoisotopic (exact) mass is 252 g/mol. The molecule has 4 heteroatoms. The van der Waals surface area contributed by atoms with E-state index in [1.165, 1.54) is 32.1 Å². The van der Waals surface area contributed by atoms with Crippen LogP contribution in [-0.2, 0) is 9.53 Å². The van der Waals surface area contributed by atoms with Gasteiger partial charge in [0.15, 0.2) is 0 Å². The minimum absolute atomic E-state index is 0.173. The molecule has 2 aliphatic heterocycles. The fraction of sp³-hybridized carbons (Fsp3) is 0.929. The van der Waals surface area contributed by atoms with Crippen LogP contribution in [0.5, 0.6) is 0 Å². The third-order valence-corrected chi connectivity index (χ3v) is 4.76. The van der Waals surface area contributed by atoms with Crippen LogP contribution in [0.15, 0.2) is 0 Å². The molecule has 2 saturated heterocycles. The predicted molar refractivity (Wildman–Crippen MR) is 69.4 cm³/mol. The number of nitrogens with zero attached hydrogens (tertiary/aromatic N) is 1. The summed E-state index contributed by atoms with van der Waals surface area (Å²) < 4.78 is 5.90. The van der Waals surface area contributed by atoms with E-state index < -0.39 is 0 Å². The predicted octanol–water partition coefficient (Wildman–Crippen LogP) is 1.30. The van der Waals surface area contributed by atoms with E-state index in [1.54, 1.807) is 0 Å². The van der Waals surface area contributed by atoms with Crippen LogP contribution in [0, 0.1) is 0 Å². The van der Waals surface area contributed by atoms with Gasteiger partial charge in [-0.05, 0) is 44.9 Å². The van der Waals surface area contributed by atoms with Crippen LogP contribution in [0.2, 0.25) is 0 Å². The number of ether oxygens (including phenoxy) is 1. The van der Waals surface area contributed by atoms with E-state index in [1.807, 2.05) is 4.90 Å². The van der Waals surface area contributed by atoms with Crippen LogP contribution in [0.3, 0.4) is 0 Å². The van der Waals surface area contributed by atoms with Gasteiger partial charge in [-0.15, -0.1) is 0 Å². The lowest BCUT2D eigenvalue weighted by atomic mass is 9.74. The Morgan fingerprint density at radius 2 is 2.06 bits per heavy atom. The molecule has 4 nitrogen and oxygen atoms in total. The maximum Gasteiger partial charge on any atom is 0.236 e. The Labute approximate surface area is 109 Å². The molecule has 0 aromatic carbocycles. The minimum atomic E-state index is 0.173. The first kappa shape index (κ1) is 12.4. The van der Waals surface area contributed by atoms with Crippen molar-refractivity contribution in [2.75, 3.05) is 26.2 Å². The van der Waals surface area contributed by atoms with E-state index in [0.29, 0.717) is 12.6 Å². The molecule has 1 unspecified atom stereocenters. The molecule has 3 fully saturated rings. The Balaban J connectivity index is 1.43. The molecule has 0 aromatic rings. The highest BCUT2D eigenvalue weighted by Crippen LogP contribution is 2.42. The van der Waals surface area contributed by atoms with Crippen LogP contribution in [0.4, 0.5) is 0 Å². The van der Waals surface area contributed by atoms with E-state index in [9.17, 15) is 4.79 Å². The van der Waals surface area contributed by atoms with Gasteiger partial charge >= 0.3 is 0 Å². The highest BCUT2D eigenvalue weighted by atomic mass is 16.5. The topological polar surface area (TPSA) is 41.6 Å². The SMILES string of the molecule is O=C(CNC1CCOC2(CCC2)C1)N1CCCC1. The Hall–Kier alpha value is -0.610. The van der Waals surface area contributed by atoms with Crippen LogP contribution >= 0.6 is 0 Å². The summed E-state index contributed by atoms with van der Waals surface area (Å²) in [6.07, 6.45) is 8.23. The molecule has 3 aliphatic rings. The molecule has 1 N–H and O–H groups in total. The fourth-order valence-electron chi connectivity index (χ4n) is 3.43. The lowest BCUT2D eigenvalue weighted by Crippen LogP contribution is -2.52. The van der Waals surface area contributed by atoms with E-state index in [2.05, 4.69) is 5.32 Å². The van der Waals surface area contributed by atoms with Gasteiger partial charge in [0.1, 0.15) is 0 Å². The van der Waals surface area contributed by atoms with Crippen molar-refractivity contribution in [3.8, 4) is 0 Å². The quantitative estimate of drug-likeness (QED) is 0.823. The first-order valence-corrected chi connectivity index (χ1v) is 7.43. The molecule has 2 heterocycles. The smallest absolute Gasteiger partial charge is 0.236 e. The zero-order valence-corrected chi connectivity index (χ0v) is 11.1. The van der Waals surface area contributed by atoms with Gasteiger partial charge in [0, 0.05) is 25.7 Å². The summed E-state index contributed by atoms with van der Waals surface area (Å²) >= 11 is 0. The molecule has 1 atom stereocenters. The maximum absolute atomic E-state index is 12.0. The van der Waals surface area contributed by atoms with Crippen LogP contribution in [-0.4, -0.2) is 48.7 Å². The number of amides is 1. The normalized spacial score (nSPS) is 30.4. The summed E-state index contributed by atoms with van der Waals surface area (Å²) in [5, 5.41) is 3.45. The first-order chi connectivity index (χ1) is 8.77. The molecule has 102 valence electrons. The standard InChI is InChI=1S/C14H24N2O2/c17-13(16-7-1-2-8-16)11-15-12-4-9-18-14(10-12)5-3-6-14/h12,15H,1-11H2. The highest BCUT2D eigenvalue weighted by Gasteiger charge is 2.42. The zero-order valence-electron chi connectivity index (χ0n) is 11.1. The van der Waals surface area contributed by atoms with Gasteiger partial charge in [0.05, 0.1) is 12.1 Å². The van der Waals surface area contributed by atoms with Crippen molar-refractivity contribution in [2.45, 2.75) is 56.6 Å². The van der Waals surface area contributed by atoms with Crippen molar-refractivity contribution in [2.24, 2.45) is 0 Å². The number of rotatable bonds is 3. The Morgan fingerprint density at radius 3 is 2.72 bits per heavy atom. The molecule has 0 bridgehead atoms. The number of hydrogen-bond donors (Lipinski definition) is 1. The summed E-state index contributed by atoms with van der Waals surface area (Å²) in [7, 11) is 0. The number of nitrogens with one attached hydrogen (secondary N) is 1. The van der Waals surface area contributed by atoms with Gasteiger partial charge < -0.3 is 15.0 Å². The summed E-state index contributed by atoms with van der Waals surface area (Å²) in [5.74, 6) is 0.279. The molecule has 0 radical (unpaired) electrons. The molecule has 18 heavy (non-hydrogen) atoms. The summed E-state index contributed by atoms with van der Waals surface area (Å²) in [6.45, 7) is 3.28. The van der Waals surface area contributed by atoms with Gasteiger partial charge in [-0.3, -0.25) is 4.79 Å². The van der Waals surface area contributed by atoms with Crippen molar-refractivity contribution in [1.82, 2.24) is 10.2 Å². The van der Waals surface area contributed by atoms with E-state index in [-0.39, 0.29) is 11.5 Å². The third kappa shape index (κ3) is 2.54. The van der Waals surface area contributed by atoms with Gasteiger partial charge in [-0.2, -0.15) is 0 Å². The van der Waals surface area contributed by atoms with Crippen molar-refractivity contribution >= 4 is 5.91 Å². The lowest BCUT2D eigenvalue weighted by molar-refractivity contribution is -0.138. The summed E-state index contributed by atoms with van der Waals surface area (Å²) in [5.41, 5.74) is 0.173. The van der Waals surface area contributed by atoms with Gasteiger partial charge in [-0.25, -0.2) is 0 Å². The molecule has 1 aliphatic carbocycles. The average molecular weight is 252 g/mol. The number of hydrogen-bond acceptors (Lipinski definition) is 3. The third-order valence-electron chi connectivity index (χ3n) is 4.76. The Kier molecular flexibility index (Phi) is 3.57. The van der Waals surface area contributed by atoms with Crippen molar-refractivity contribution in [1.29, 1.82) is 0 Å². The van der Waals surface area contributed by atoms with Crippen molar-refractivity contribution in [3.05, 3.63) is 0 Å². The second kappa shape index (κ2) is 5.17. The average Bonchev–Trinajstić information content (AvgIpc) is 2.88. The van der Waals surface area contributed by atoms with Crippen LogP contribution in [0.1, 0.15) is 44.9 Å². The second-order valence-corrected chi connectivity index (χ2v) is 6.04. The van der Waals surface area contributed by atoms with Crippen LogP contribution in [0.25, 0.3) is 0 Å². The van der Waals surface area contributed by atoms with Gasteiger partial charge in [-0.1, -0.05) is 0 Å². The number of carbonyl (C=O) groups excluding carboxylic acids is 1. The van der Waals surface area contributed by atoms with Crippen LogP contribution < -0.4 is 5.32 Å². The van der Waals surface area contributed by atoms with E-state index >= 15 is 0 Å². The Bertz CT molecular complexity index is 309. The second-order valence-electron chi connectivity index (χ2n) is 6.04. The van der Waals surface area contributed by atoms with Crippen molar-refractivity contribution < 1.29 is 9.53 Å². The molecule has 1 amide bonds. The lowest BCUT2D eigenvalue weighted by Gasteiger charge is -2.47. The molecule has 1 spiro atoms. The summed E-state index contributed by atoms with van der Waals surface area (Å²) in [6, 6.07) is 0.477. The largest absolute Gasteiger partial charge is 0.375 e. The molecule has 0 aromatic heterocycles. The minimum Gasteiger partial charge on any atom is -0.375 e.